The lowest BCUT2D eigenvalue weighted by Crippen LogP contribution is -2.63. The topological polar surface area (TPSA) is 89.6 Å². The minimum absolute atomic E-state index is 0.0661. The predicted molar refractivity (Wildman–Crippen MR) is 125 cm³/mol. The van der Waals surface area contributed by atoms with Gasteiger partial charge in [-0.3, -0.25) is 9.20 Å². The minimum atomic E-state index is -4.20. The highest BCUT2D eigenvalue weighted by atomic mass is 19.3. The molecule has 0 aliphatic heterocycles. The number of nitrogens with zero attached hydrogens (tertiary/aromatic N) is 4. The van der Waals surface area contributed by atoms with Gasteiger partial charge in [0.15, 0.2) is 5.84 Å². The van der Waals surface area contributed by atoms with Crippen LogP contribution < -0.4 is 5.32 Å². The fourth-order valence-corrected chi connectivity index (χ4v) is 3.61. The van der Waals surface area contributed by atoms with Crippen molar-refractivity contribution in [1.29, 1.82) is 0 Å². The van der Waals surface area contributed by atoms with Crippen LogP contribution in [0.25, 0.3) is 5.65 Å². The van der Waals surface area contributed by atoms with Crippen LogP contribution in [0.2, 0.25) is 0 Å². The van der Waals surface area contributed by atoms with E-state index >= 15 is 0 Å². The molecule has 1 aliphatic carbocycles. The average Bonchev–Trinajstić information content (AvgIpc) is 3.25. The molecule has 1 amide bonds. The van der Waals surface area contributed by atoms with Gasteiger partial charge in [-0.25, -0.2) is 9.98 Å². The fourth-order valence-electron chi connectivity index (χ4n) is 3.61. The van der Waals surface area contributed by atoms with E-state index < -0.39 is 24.4 Å². The number of nitrogens with one attached hydrogen (secondary N) is 1. The van der Waals surface area contributed by atoms with Gasteiger partial charge in [0.25, 0.3) is 5.91 Å². The third-order valence-electron chi connectivity index (χ3n) is 5.76. The zero-order valence-corrected chi connectivity index (χ0v) is 19.5. The number of aromatic nitrogens is 2. The van der Waals surface area contributed by atoms with E-state index in [0.717, 1.165) is 11.1 Å². The number of fused-ring (bicyclic) bond motifs is 1. The van der Waals surface area contributed by atoms with Crippen molar-refractivity contribution in [2.24, 2.45) is 10.1 Å². The zero-order valence-electron chi connectivity index (χ0n) is 19.5. The molecule has 1 saturated carbocycles. The molecule has 8 nitrogen and oxygen atoms in total. The maximum absolute atomic E-state index is 13.2. The first kappa shape index (κ1) is 25.3. The summed E-state index contributed by atoms with van der Waals surface area (Å²) in [6, 6.07) is 8.77. The molecule has 3 aromatic rings. The highest BCUT2D eigenvalue weighted by Gasteiger charge is 2.72. The van der Waals surface area contributed by atoms with Crippen LogP contribution in [0.4, 0.5) is 23.2 Å². The summed E-state index contributed by atoms with van der Waals surface area (Å²) in [5, 5.41) is 6.66. The van der Waals surface area contributed by atoms with Crippen molar-refractivity contribution >= 4 is 29.8 Å². The number of anilines is 1. The number of hydrogen-bond acceptors (Lipinski definition) is 5. The van der Waals surface area contributed by atoms with Gasteiger partial charge in [-0.05, 0) is 43.8 Å². The zero-order chi connectivity index (χ0) is 26.1. The Morgan fingerprint density at radius 2 is 2.00 bits per heavy atom. The van der Waals surface area contributed by atoms with Crippen molar-refractivity contribution in [2.75, 3.05) is 18.5 Å². The van der Waals surface area contributed by atoms with Crippen LogP contribution in [-0.4, -0.2) is 59.0 Å². The average molecular weight is 505 g/mol. The number of imidazole rings is 1. The van der Waals surface area contributed by atoms with E-state index in [4.69, 9.17) is 9.57 Å². The third kappa shape index (κ3) is 4.81. The number of amides is 1. The summed E-state index contributed by atoms with van der Waals surface area (Å²) in [7, 11) is 0. The normalized spacial score (nSPS) is 18.5. The van der Waals surface area contributed by atoms with E-state index in [2.05, 4.69) is 27.2 Å². The Balaban J connectivity index is 1.40. The van der Waals surface area contributed by atoms with Gasteiger partial charge >= 0.3 is 11.8 Å². The summed E-state index contributed by atoms with van der Waals surface area (Å²) in [5.74, 6) is -8.56. The number of ether oxygens (including phenoxy) is 1. The lowest BCUT2D eigenvalue weighted by Gasteiger charge is -2.43. The van der Waals surface area contributed by atoms with Crippen LogP contribution in [0.3, 0.4) is 0 Å². The molecule has 0 bridgehead atoms. The monoisotopic (exact) mass is 505 g/mol. The van der Waals surface area contributed by atoms with Crippen LogP contribution in [0.1, 0.15) is 33.6 Å². The van der Waals surface area contributed by atoms with Gasteiger partial charge < -0.3 is 14.9 Å². The Kier molecular flexibility index (Phi) is 6.81. The molecule has 36 heavy (non-hydrogen) atoms. The van der Waals surface area contributed by atoms with Crippen molar-refractivity contribution < 1.29 is 31.9 Å². The van der Waals surface area contributed by atoms with E-state index in [-0.39, 0.29) is 25.0 Å². The Labute approximate surface area is 203 Å². The molecule has 1 N–H and O–H groups in total. The second-order valence-corrected chi connectivity index (χ2v) is 8.36. The summed E-state index contributed by atoms with van der Waals surface area (Å²) in [6.07, 6.45) is 0.385. The van der Waals surface area contributed by atoms with Gasteiger partial charge in [0.05, 0.1) is 19.2 Å². The predicted octanol–water partition coefficient (Wildman–Crippen LogP) is 4.64. The molecule has 1 unspecified atom stereocenters. The van der Waals surface area contributed by atoms with Crippen LogP contribution in [0.5, 0.6) is 0 Å². The standard InChI is InChI=1S/C24H23F4N5O3/c1-14-4-7-20-30-12-18(33(20)13-14)22(34)31-17-10-16(6-5-15(17)2)21(29-3)32-36-9-8-35-19-11-23(25,26)24(19,27)28/h4-7,10,12-13,19H,3,8-9,11H2,1-2H3,(H,31,34)/b32-21-. The van der Waals surface area contributed by atoms with Gasteiger partial charge in [-0.2, -0.15) is 17.6 Å². The number of carbonyl (C=O) groups excluding carboxylic acids is 1. The Morgan fingerprint density at radius 3 is 2.69 bits per heavy atom. The number of aliphatic imine (C=N–C) groups is 1. The number of pyridine rings is 1. The second-order valence-electron chi connectivity index (χ2n) is 8.36. The molecule has 12 heteroatoms. The van der Waals surface area contributed by atoms with Gasteiger partial charge in [0.2, 0.25) is 0 Å². The summed E-state index contributed by atoms with van der Waals surface area (Å²) >= 11 is 0. The summed E-state index contributed by atoms with van der Waals surface area (Å²) in [6.45, 7) is 6.54. The number of carbonyl (C=O) groups is 1. The van der Waals surface area contributed by atoms with Crippen molar-refractivity contribution in [1.82, 2.24) is 9.38 Å². The Bertz CT molecular complexity index is 1340. The second kappa shape index (κ2) is 9.69. The molecular formula is C24H23F4N5O3. The molecular weight excluding hydrogens is 482 g/mol. The van der Waals surface area contributed by atoms with E-state index in [9.17, 15) is 22.4 Å². The number of amidine groups is 1. The van der Waals surface area contributed by atoms with Gasteiger partial charge in [-0.1, -0.05) is 23.4 Å². The van der Waals surface area contributed by atoms with Crippen LogP contribution in [-0.2, 0) is 9.57 Å². The SMILES string of the molecule is C=N/C(=N\OCCOC1CC(F)(F)C1(F)F)c1ccc(C)c(NC(=O)c2cnc3ccc(C)cn23)c1. The highest BCUT2D eigenvalue weighted by Crippen LogP contribution is 2.52. The number of rotatable bonds is 8. The third-order valence-corrected chi connectivity index (χ3v) is 5.76. The van der Waals surface area contributed by atoms with Crippen molar-refractivity contribution in [3.8, 4) is 0 Å². The quantitative estimate of drug-likeness (QED) is 0.159. The summed E-state index contributed by atoms with van der Waals surface area (Å²) in [5.41, 5.74) is 3.69. The highest BCUT2D eigenvalue weighted by molar-refractivity contribution is 6.06. The van der Waals surface area contributed by atoms with E-state index in [1.165, 1.54) is 6.20 Å². The molecule has 0 radical (unpaired) electrons. The summed E-state index contributed by atoms with van der Waals surface area (Å²) in [4.78, 5) is 26.0. The maximum atomic E-state index is 13.2. The molecule has 190 valence electrons. The Morgan fingerprint density at radius 1 is 1.22 bits per heavy atom. The number of halogens is 4. The van der Waals surface area contributed by atoms with Crippen molar-refractivity contribution in [3.05, 3.63) is 65.1 Å². The number of benzene rings is 1. The molecule has 1 fully saturated rings. The van der Waals surface area contributed by atoms with Gasteiger partial charge in [0.1, 0.15) is 24.1 Å². The maximum Gasteiger partial charge on any atom is 0.335 e. The largest absolute Gasteiger partial charge is 0.392 e. The van der Waals surface area contributed by atoms with Crippen molar-refractivity contribution in [2.45, 2.75) is 38.2 Å². The van der Waals surface area contributed by atoms with Crippen LogP contribution >= 0.6 is 0 Å². The lowest BCUT2D eigenvalue weighted by molar-refractivity contribution is -0.341. The lowest BCUT2D eigenvalue weighted by atomic mass is 9.85. The first-order valence-electron chi connectivity index (χ1n) is 10.9. The molecule has 2 aromatic heterocycles. The van der Waals surface area contributed by atoms with E-state index in [1.807, 2.05) is 32.2 Å². The van der Waals surface area contributed by atoms with Crippen molar-refractivity contribution in [3.63, 3.8) is 0 Å². The van der Waals surface area contributed by atoms with Gasteiger partial charge in [0, 0.05) is 17.4 Å². The number of hydrogen-bond donors (Lipinski definition) is 1. The van der Waals surface area contributed by atoms with Crippen LogP contribution in [0, 0.1) is 13.8 Å². The molecule has 1 atom stereocenters. The van der Waals surface area contributed by atoms with Crippen LogP contribution in [0.15, 0.2) is 52.9 Å². The van der Waals surface area contributed by atoms with Gasteiger partial charge in [-0.15, -0.1) is 0 Å². The fraction of sp³-hybridized carbons (Fsp3) is 0.333. The molecule has 2 heterocycles. The first-order chi connectivity index (χ1) is 17.0. The van der Waals surface area contributed by atoms with E-state index in [0.29, 0.717) is 22.6 Å². The first-order valence-corrected chi connectivity index (χ1v) is 10.9. The smallest absolute Gasteiger partial charge is 0.335 e. The molecule has 0 saturated heterocycles. The number of aryl methyl sites for hydroxylation is 2. The Hall–Kier alpha value is -3.80. The number of alkyl halides is 4. The molecule has 1 aliphatic rings. The number of oxime groups is 1. The molecule has 1 aromatic carbocycles. The summed E-state index contributed by atoms with van der Waals surface area (Å²) < 4.78 is 58.7. The molecule has 0 spiro atoms. The molecule has 4 rings (SSSR count). The minimum Gasteiger partial charge on any atom is -0.392 e. The van der Waals surface area contributed by atoms with E-state index in [1.54, 1.807) is 22.6 Å².